The first-order valence-electron chi connectivity index (χ1n) is 11.8. The van der Waals surface area contributed by atoms with Crippen molar-refractivity contribution in [2.75, 3.05) is 0 Å². The predicted molar refractivity (Wildman–Crippen MR) is 122 cm³/mol. The molecule has 0 nitrogen and oxygen atoms in total. The summed E-state index contributed by atoms with van der Waals surface area (Å²) in [5.74, 6) is 9.27. The minimum absolute atomic E-state index is 0.146. The number of unbranched alkanes of at least 4 members (excludes halogenated alkanes) is 2. The first-order valence-corrected chi connectivity index (χ1v) is 12.2. The Bertz CT molecular complexity index is 710. The minimum Gasteiger partial charge on any atom is -0.205 e. The molecule has 3 rings (SSSR count). The highest BCUT2D eigenvalue weighted by Gasteiger charge is 2.30. The first-order chi connectivity index (χ1) is 14.2. The summed E-state index contributed by atoms with van der Waals surface area (Å²) in [6, 6.07) is 4.72. The number of rotatable bonds is 6. The van der Waals surface area contributed by atoms with Crippen LogP contribution in [0.2, 0.25) is 5.02 Å². The molecule has 2 fully saturated rings. The molecule has 0 unspecified atom stereocenters. The summed E-state index contributed by atoms with van der Waals surface area (Å²) in [4.78, 5) is 0. The van der Waals surface area contributed by atoms with Crippen LogP contribution in [0.1, 0.15) is 89.5 Å². The van der Waals surface area contributed by atoms with E-state index in [1.807, 2.05) is 6.08 Å². The molecule has 0 N–H and O–H groups in total. The van der Waals surface area contributed by atoms with Gasteiger partial charge in [-0.15, -0.1) is 0 Å². The van der Waals surface area contributed by atoms with E-state index in [0.717, 1.165) is 17.8 Å². The zero-order valence-corrected chi connectivity index (χ0v) is 18.7. The van der Waals surface area contributed by atoms with Gasteiger partial charge in [0.1, 0.15) is 5.82 Å². The molecular formula is C27H36ClF. The van der Waals surface area contributed by atoms with Gasteiger partial charge in [-0.2, -0.15) is 0 Å². The molecule has 0 aliphatic heterocycles. The van der Waals surface area contributed by atoms with Gasteiger partial charge in [0, 0.05) is 5.56 Å². The SMILES string of the molecule is CCCCC[C@H]1CC[C@H](C2CCC(/C=C/C#Cc3ccc(Cl)c(F)c3)CC2)CC1. The fraction of sp³-hybridized carbons (Fsp3) is 0.630. The van der Waals surface area contributed by atoms with E-state index < -0.39 is 5.82 Å². The predicted octanol–water partition coefficient (Wildman–Crippen LogP) is 8.58. The van der Waals surface area contributed by atoms with Crippen molar-refractivity contribution in [2.24, 2.45) is 23.7 Å². The summed E-state index contributed by atoms with van der Waals surface area (Å²) < 4.78 is 13.4. The third-order valence-corrected chi connectivity index (χ3v) is 7.48. The van der Waals surface area contributed by atoms with Crippen molar-refractivity contribution in [3.8, 4) is 11.8 Å². The molecule has 0 radical (unpaired) electrons. The third-order valence-electron chi connectivity index (χ3n) is 7.18. The van der Waals surface area contributed by atoms with E-state index in [0.29, 0.717) is 11.5 Å². The molecule has 1 aromatic carbocycles. The maximum Gasteiger partial charge on any atom is 0.143 e. The average molecular weight is 415 g/mol. The van der Waals surface area contributed by atoms with Gasteiger partial charge in [-0.1, -0.05) is 75.0 Å². The molecular weight excluding hydrogens is 379 g/mol. The van der Waals surface area contributed by atoms with E-state index in [9.17, 15) is 4.39 Å². The lowest BCUT2D eigenvalue weighted by atomic mass is 9.68. The summed E-state index contributed by atoms with van der Waals surface area (Å²) in [7, 11) is 0. The highest BCUT2D eigenvalue weighted by atomic mass is 35.5. The second kappa shape index (κ2) is 11.8. The number of allylic oxidation sites excluding steroid dienone is 2. The van der Waals surface area contributed by atoms with Crippen molar-refractivity contribution < 1.29 is 4.39 Å². The Morgan fingerprint density at radius 2 is 1.69 bits per heavy atom. The maximum atomic E-state index is 13.4. The zero-order chi connectivity index (χ0) is 20.5. The van der Waals surface area contributed by atoms with Crippen LogP contribution >= 0.6 is 11.6 Å². The van der Waals surface area contributed by atoms with Gasteiger partial charge in [0.2, 0.25) is 0 Å². The summed E-state index contributed by atoms with van der Waals surface area (Å²) in [6.07, 6.45) is 21.2. The quantitative estimate of drug-likeness (QED) is 0.323. The summed E-state index contributed by atoms with van der Waals surface area (Å²) >= 11 is 5.71. The van der Waals surface area contributed by atoms with Gasteiger partial charge in [-0.25, -0.2) is 4.39 Å². The Kier molecular flexibility index (Phi) is 9.13. The molecule has 2 aliphatic rings. The fourth-order valence-corrected chi connectivity index (χ4v) is 5.44. The molecule has 29 heavy (non-hydrogen) atoms. The molecule has 2 heteroatoms. The lowest BCUT2D eigenvalue weighted by Crippen LogP contribution is -2.25. The van der Waals surface area contributed by atoms with Crippen molar-refractivity contribution in [2.45, 2.75) is 84.0 Å². The van der Waals surface area contributed by atoms with Crippen molar-refractivity contribution in [1.29, 1.82) is 0 Å². The molecule has 0 heterocycles. The van der Waals surface area contributed by atoms with Crippen molar-refractivity contribution in [3.63, 3.8) is 0 Å². The lowest BCUT2D eigenvalue weighted by Gasteiger charge is -2.37. The topological polar surface area (TPSA) is 0 Å². The van der Waals surface area contributed by atoms with Crippen molar-refractivity contribution in [1.82, 2.24) is 0 Å². The summed E-state index contributed by atoms with van der Waals surface area (Å²) in [6.45, 7) is 2.30. The first kappa shape index (κ1) is 22.4. The number of hydrogen-bond donors (Lipinski definition) is 0. The van der Waals surface area contributed by atoms with Gasteiger partial charge in [0.25, 0.3) is 0 Å². The van der Waals surface area contributed by atoms with Crippen LogP contribution < -0.4 is 0 Å². The third kappa shape index (κ3) is 7.18. The van der Waals surface area contributed by atoms with E-state index in [1.54, 1.807) is 12.1 Å². The van der Waals surface area contributed by atoms with E-state index in [1.165, 1.54) is 83.1 Å². The lowest BCUT2D eigenvalue weighted by molar-refractivity contribution is 0.151. The van der Waals surface area contributed by atoms with Crippen molar-refractivity contribution in [3.05, 3.63) is 46.8 Å². The second-order valence-corrected chi connectivity index (χ2v) is 9.62. The van der Waals surface area contributed by atoms with Crippen LogP contribution in [-0.2, 0) is 0 Å². The van der Waals surface area contributed by atoms with E-state index in [2.05, 4.69) is 24.8 Å². The average Bonchev–Trinajstić information content (AvgIpc) is 2.75. The van der Waals surface area contributed by atoms with Gasteiger partial charge < -0.3 is 0 Å². The molecule has 0 aromatic heterocycles. The Morgan fingerprint density at radius 1 is 1.00 bits per heavy atom. The van der Waals surface area contributed by atoms with Crippen molar-refractivity contribution >= 4 is 11.6 Å². The zero-order valence-electron chi connectivity index (χ0n) is 17.9. The summed E-state index contributed by atoms with van der Waals surface area (Å²) in [5, 5.41) is 0.146. The van der Waals surface area contributed by atoms with Crippen LogP contribution in [0.4, 0.5) is 4.39 Å². The number of halogens is 2. The molecule has 0 spiro atoms. The Balaban J connectivity index is 1.37. The normalized spacial score (nSPS) is 27.6. The highest BCUT2D eigenvalue weighted by Crippen LogP contribution is 2.42. The van der Waals surface area contributed by atoms with Gasteiger partial charge in [0.05, 0.1) is 5.02 Å². The van der Waals surface area contributed by atoms with Crippen LogP contribution in [-0.4, -0.2) is 0 Å². The van der Waals surface area contributed by atoms with Gasteiger partial charge in [-0.3, -0.25) is 0 Å². The smallest absolute Gasteiger partial charge is 0.143 e. The molecule has 2 saturated carbocycles. The molecule has 0 atom stereocenters. The van der Waals surface area contributed by atoms with Crippen LogP contribution in [0.25, 0.3) is 0 Å². The highest BCUT2D eigenvalue weighted by molar-refractivity contribution is 6.30. The van der Waals surface area contributed by atoms with Crippen LogP contribution in [0.15, 0.2) is 30.4 Å². The molecule has 1 aromatic rings. The van der Waals surface area contributed by atoms with E-state index in [4.69, 9.17) is 11.6 Å². The Labute approximate surface area is 182 Å². The number of hydrogen-bond acceptors (Lipinski definition) is 0. The molecule has 0 saturated heterocycles. The van der Waals surface area contributed by atoms with E-state index in [-0.39, 0.29) is 5.02 Å². The van der Waals surface area contributed by atoms with Crippen LogP contribution in [0.3, 0.4) is 0 Å². The molecule has 0 amide bonds. The molecule has 2 aliphatic carbocycles. The van der Waals surface area contributed by atoms with Gasteiger partial charge in [-0.05, 0) is 86.5 Å². The second-order valence-electron chi connectivity index (χ2n) is 9.21. The minimum atomic E-state index is -0.407. The summed E-state index contributed by atoms with van der Waals surface area (Å²) in [5.41, 5.74) is 0.672. The van der Waals surface area contributed by atoms with Crippen LogP contribution in [0, 0.1) is 41.3 Å². The number of benzene rings is 1. The van der Waals surface area contributed by atoms with Crippen LogP contribution in [0.5, 0.6) is 0 Å². The largest absolute Gasteiger partial charge is 0.205 e. The monoisotopic (exact) mass is 414 g/mol. The van der Waals surface area contributed by atoms with Gasteiger partial charge >= 0.3 is 0 Å². The molecule has 0 bridgehead atoms. The Hall–Kier alpha value is -1.26. The standard InChI is InChI=1S/C27H36ClF/c1-2-3-4-7-21-10-15-24(16-11-21)25-17-12-22(13-18-25)8-5-6-9-23-14-19-26(28)27(29)20-23/h5,8,14,19-22,24-25H,2-4,7,10-13,15-18H2,1H3/b8-5+/t21-,22?,24-,25?. The maximum absolute atomic E-state index is 13.4. The Morgan fingerprint density at radius 3 is 2.34 bits per heavy atom. The fourth-order valence-electron chi connectivity index (χ4n) is 5.32. The van der Waals surface area contributed by atoms with Gasteiger partial charge in [0.15, 0.2) is 0 Å². The molecule has 158 valence electrons. The van der Waals surface area contributed by atoms with E-state index >= 15 is 0 Å².